The zero-order valence-corrected chi connectivity index (χ0v) is 20.0. The zero-order valence-electron chi connectivity index (χ0n) is 20.0. The molecule has 1 saturated carbocycles. The Morgan fingerprint density at radius 1 is 1.16 bits per heavy atom. The molecule has 0 bridgehead atoms. The van der Waals surface area contributed by atoms with Gasteiger partial charge in [0.25, 0.3) is 0 Å². The molecular weight excluding hydrogens is 392 g/mol. The van der Waals surface area contributed by atoms with E-state index in [0.717, 1.165) is 38.5 Å². The largest absolute Gasteiger partial charge is 0.462 e. The summed E-state index contributed by atoms with van der Waals surface area (Å²) < 4.78 is 17.7. The van der Waals surface area contributed by atoms with Gasteiger partial charge in [-0.05, 0) is 51.9 Å². The molecule has 31 heavy (non-hydrogen) atoms. The average molecular weight is 437 g/mol. The molecule has 1 fully saturated rings. The first-order valence-electron chi connectivity index (χ1n) is 12.7. The van der Waals surface area contributed by atoms with Gasteiger partial charge in [0.05, 0.1) is 6.10 Å². The summed E-state index contributed by atoms with van der Waals surface area (Å²) in [7, 11) is 0. The standard InChI is InChI=1S/C26H44O5/c1-4-6-7-8-11-14-21(27)17-18-23-22-15-12-9-10-13-16-26(28)31-25(22)19-24(23)30-20(3)29-5-2/h9,12,20,22-25H,4-8,10-11,13-19H2,1-3H3. The number of unbranched alkanes of at least 4 members (excludes halogenated alkanes) is 4. The van der Waals surface area contributed by atoms with Crippen molar-refractivity contribution in [3.05, 3.63) is 12.2 Å². The number of fused-ring (bicyclic) bond motifs is 1. The molecule has 5 heteroatoms. The number of Topliss-reactive ketones (excluding diaryl/α,β-unsaturated/α-hetero) is 1. The van der Waals surface area contributed by atoms with Crippen LogP contribution in [0.3, 0.4) is 0 Å². The monoisotopic (exact) mass is 436 g/mol. The lowest BCUT2D eigenvalue weighted by molar-refractivity contribution is -0.168. The lowest BCUT2D eigenvalue weighted by Crippen LogP contribution is -2.29. The summed E-state index contributed by atoms with van der Waals surface area (Å²) in [6.45, 7) is 6.68. The van der Waals surface area contributed by atoms with Crippen LogP contribution in [0.15, 0.2) is 12.2 Å². The highest BCUT2D eigenvalue weighted by Crippen LogP contribution is 2.42. The van der Waals surface area contributed by atoms with E-state index in [1.165, 1.54) is 19.3 Å². The molecule has 0 radical (unpaired) electrons. The van der Waals surface area contributed by atoms with Crippen molar-refractivity contribution >= 4 is 11.8 Å². The van der Waals surface area contributed by atoms with E-state index < -0.39 is 0 Å². The minimum Gasteiger partial charge on any atom is -0.462 e. The molecule has 0 saturated heterocycles. The predicted octanol–water partition coefficient (Wildman–Crippen LogP) is 6.14. The number of ether oxygens (including phenoxy) is 3. The number of ketones is 1. The van der Waals surface area contributed by atoms with E-state index in [9.17, 15) is 9.59 Å². The Kier molecular flexibility index (Phi) is 12.4. The number of carbonyl (C=O) groups is 2. The smallest absolute Gasteiger partial charge is 0.306 e. The molecule has 1 aliphatic carbocycles. The van der Waals surface area contributed by atoms with Crippen LogP contribution in [0.25, 0.3) is 0 Å². The molecule has 0 amide bonds. The summed E-state index contributed by atoms with van der Waals surface area (Å²) in [4.78, 5) is 24.8. The Bertz CT molecular complexity index is 558. The van der Waals surface area contributed by atoms with Gasteiger partial charge in [0, 0.05) is 38.2 Å². The van der Waals surface area contributed by atoms with Crippen molar-refractivity contribution in [1.82, 2.24) is 0 Å². The second kappa shape index (κ2) is 14.8. The molecule has 5 unspecified atom stereocenters. The number of allylic oxidation sites excluding steroid dienone is 2. The highest BCUT2D eigenvalue weighted by Gasteiger charge is 2.45. The van der Waals surface area contributed by atoms with Crippen LogP contribution in [0.1, 0.15) is 104 Å². The van der Waals surface area contributed by atoms with Gasteiger partial charge >= 0.3 is 5.97 Å². The van der Waals surface area contributed by atoms with E-state index in [1.807, 2.05) is 13.8 Å². The molecule has 0 N–H and O–H groups in total. The van der Waals surface area contributed by atoms with Crippen molar-refractivity contribution < 1.29 is 23.8 Å². The van der Waals surface area contributed by atoms with Crippen molar-refractivity contribution in [2.24, 2.45) is 11.8 Å². The van der Waals surface area contributed by atoms with E-state index in [2.05, 4.69) is 19.1 Å². The molecule has 178 valence electrons. The first-order valence-corrected chi connectivity index (χ1v) is 12.7. The molecule has 0 aromatic rings. The first kappa shape index (κ1) is 26.1. The van der Waals surface area contributed by atoms with Crippen LogP contribution in [0.2, 0.25) is 0 Å². The van der Waals surface area contributed by atoms with Gasteiger partial charge in [-0.15, -0.1) is 0 Å². The van der Waals surface area contributed by atoms with Crippen molar-refractivity contribution in [3.63, 3.8) is 0 Å². The third-order valence-corrected chi connectivity index (χ3v) is 6.66. The molecule has 1 heterocycles. The summed E-state index contributed by atoms with van der Waals surface area (Å²) in [5, 5.41) is 0. The van der Waals surface area contributed by atoms with Gasteiger partial charge < -0.3 is 14.2 Å². The fourth-order valence-corrected chi connectivity index (χ4v) is 5.01. The normalized spacial score (nSPS) is 27.5. The highest BCUT2D eigenvalue weighted by atomic mass is 16.7. The van der Waals surface area contributed by atoms with Gasteiger partial charge in [-0.25, -0.2) is 0 Å². The fourth-order valence-electron chi connectivity index (χ4n) is 5.01. The molecule has 5 atom stereocenters. The summed E-state index contributed by atoms with van der Waals surface area (Å²) >= 11 is 0. The topological polar surface area (TPSA) is 61.8 Å². The van der Waals surface area contributed by atoms with Crippen LogP contribution in [-0.2, 0) is 23.8 Å². The number of hydrogen-bond donors (Lipinski definition) is 0. The quantitative estimate of drug-likeness (QED) is 0.150. The van der Waals surface area contributed by atoms with Gasteiger partial charge in [-0.3, -0.25) is 9.59 Å². The third-order valence-electron chi connectivity index (χ3n) is 6.66. The Balaban J connectivity index is 1.99. The average Bonchev–Trinajstić information content (AvgIpc) is 3.04. The molecule has 1 aliphatic heterocycles. The molecule has 2 aliphatic rings. The second-order valence-corrected chi connectivity index (χ2v) is 9.13. The van der Waals surface area contributed by atoms with E-state index in [-0.39, 0.29) is 36.3 Å². The van der Waals surface area contributed by atoms with Crippen molar-refractivity contribution in [1.29, 1.82) is 0 Å². The van der Waals surface area contributed by atoms with Crippen LogP contribution < -0.4 is 0 Å². The number of rotatable bonds is 13. The summed E-state index contributed by atoms with van der Waals surface area (Å²) in [6.07, 6.45) is 15.6. The van der Waals surface area contributed by atoms with E-state index >= 15 is 0 Å². The zero-order chi connectivity index (χ0) is 22.5. The van der Waals surface area contributed by atoms with Crippen molar-refractivity contribution in [2.75, 3.05) is 6.61 Å². The van der Waals surface area contributed by atoms with Crippen molar-refractivity contribution in [2.45, 2.75) is 123 Å². The fraction of sp³-hybridized carbons (Fsp3) is 0.846. The van der Waals surface area contributed by atoms with Gasteiger partial charge in [-0.2, -0.15) is 0 Å². The maximum atomic E-state index is 12.5. The maximum absolute atomic E-state index is 12.5. The Hall–Kier alpha value is -1.20. The van der Waals surface area contributed by atoms with Crippen LogP contribution >= 0.6 is 0 Å². The predicted molar refractivity (Wildman–Crippen MR) is 123 cm³/mol. The number of hydrogen-bond acceptors (Lipinski definition) is 5. The first-order chi connectivity index (χ1) is 15.0. The van der Waals surface area contributed by atoms with E-state index in [1.54, 1.807) is 0 Å². The molecule has 0 aromatic carbocycles. The minimum absolute atomic E-state index is 0.0455. The van der Waals surface area contributed by atoms with Gasteiger partial charge in [0.15, 0.2) is 6.29 Å². The highest BCUT2D eigenvalue weighted by molar-refractivity contribution is 5.78. The molecular formula is C26H44O5. The summed E-state index contributed by atoms with van der Waals surface area (Å²) in [5.41, 5.74) is 0. The van der Waals surface area contributed by atoms with Crippen LogP contribution in [0, 0.1) is 11.8 Å². The van der Waals surface area contributed by atoms with E-state index in [4.69, 9.17) is 14.2 Å². The SMILES string of the molecule is CCCCCCCC(=O)CCC1C(OC(C)OCC)CC2OC(=O)CCCC=CCC21. The lowest BCUT2D eigenvalue weighted by Gasteiger charge is -2.27. The molecule has 2 rings (SSSR count). The summed E-state index contributed by atoms with van der Waals surface area (Å²) in [5.74, 6) is 0.651. The third kappa shape index (κ3) is 9.44. The molecule has 0 spiro atoms. The van der Waals surface area contributed by atoms with E-state index in [0.29, 0.717) is 38.1 Å². The second-order valence-electron chi connectivity index (χ2n) is 9.13. The Morgan fingerprint density at radius 3 is 2.74 bits per heavy atom. The minimum atomic E-state index is -0.298. The lowest BCUT2D eigenvalue weighted by atomic mass is 9.85. The van der Waals surface area contributed by atoms with Gasteiger partial charge in [-0.1, -0.05) is 44.8 Å². The van der Waals surface area contributed by atoms with Crippen LogP contribution in [-0.4, -0.2) is 36.9 Å². The van der Waals surface area contributed by atoms with Gasteiger partial charge in [0.1, 0.15) is 11.9 Å². The van der Waals surface area contributed by atoms with Crippen LogP contribution in [0.4, 0.5) is 0 Å². The molecule has 0 aromatic heterocycles. The number of carbonyl (C=O) groups excluding carboxylic acids is 2. The van der Waals surface area contributed by atoms with Gasteiger partial charge in [0.2, 0.25) is 0 Å². The molecule has 5 nitrogen and oxygen atoms in total. The van der Waals surface area contributed by atoms with Crippen molar-refractivity contribution in [3.8, 4) is 0 Å². The Morgan fingerprint density at radius 2 is 1.97 bits per heavy atom. The Labute approximate surface area is 189 Å². The van der Waals surface area contributed by atoms with Crippen LogP contribution in [0.5, 0.6) is 0 Å². The maximum Gasteiger partial charge on any atom is 0.306 e. The summed E-state index contributed by atoms with van der Waals surface area (Å²) in [6, 6.07) is 0. The number of esters is 1.